The van der Waals surface area contributed by atoms with E-state index in [0.717, 1.165) is 43.5 Å². The molecule has 0 bridgehead atoms. The molecular formula is C31H43F3N4O5. The van der Waals surface area contributed by atoms with Gasteiger partial charge in [0.2, 0.25) is 0 Å². The summed E-state index contributed by atoms with van der Waals surface area (Å²) in [6, 6.07) is 7.60. The molecule has 43 heavy (non-hydrogen) atoms. The minimum Gasteiger partial charge on any atom is -0.490 e. The van der Waals surface area contributed by atoms with Crippen LogP contribution >= 0.6 is 0 Å². The SMILES string of the molecule is C[C@H]1CCCCO[C@H](CN(C)C)[C@@H](C)CN([C@@H](C)CO)C(=O)c2cc(NC(=O)Nc3ccc(C(F)(F)F)cc3)ccc2O1. The summed E-state index contributed by atoms with van der Waals surface area (Å²) in [5.41, 5.74) is -0.155. The Hall–Kier alpha value is -3.35. The van der Waals surface area contributed by atoms with Crippen molar-refractivity contribution in [1.29, 1.82) is 0 Å². The highest BCUT2D eigenvalue weighted by molar-refractivity contribution is 6.02. The van der Waals surface area contributed by atoms with Gasteiger partial charge in [-0.1, -0.05) is 6.92 Å². The van der Waals surface area contributed by atoms with Gasteiger partial charge in [0, 0.05) is 37.0 Å². The van der Waals surface area contributed by atoms with E-state index in [0.29, 0.717) is 25.4 Å². The molecule has 0 radical (unpaired) electrons. The number of nitrogens with one attached hydrogen (secondary N) is 2. The number of carbonyl (C=O) groups excluding carboxylic acids is 2. The summed E-state index contributed by atoms with van der Waals surface area (Å²) in [4.78, 5) is 30.4. The Morgan fingerprint density at radius 1 is 1.09 bits per heavy atom. The number of benzene rings is 2. The van der Waals surface area contributed by atoms with Crippen molar-refractivity contribution in [1.82, 2.24) is 9.80 Å². The normalized spacial score (nSPS) is 21.4. The number of aliphatic hydroxyl groups is 1. The van der Waals surface area contributed by atoms with Crippen LogP contribution in [0.4, 0.5) is 29.3 Å². The first-order chi connectivity index (χ1) is 20.3. The second-order valence-corrected chi connectivity index (χ2v) is 11.4. The number of carbonyl (C=O) groups is 2. The van der Waals surface area contributed by atoms with Crippen molar-refractivity contribution in [2.24, 2.45) is 5.92 Å². The van der Waals surface area contributed by atoms with E-state index in [1.807, 2.05) is 32.8 Å². The number of likely N-dealkylation sites (N-methyl/N-ethyl adjacent to an activating group) is 1. The Bertz CT molecular complexity index is 1210. The van der Waals surface area contributed by atoms with Crippen molar-refractivity contribution < 1.29 is 37.3 Å². The first kappa shape index (κ1) is 34.1. The summed E-state index contributed by atoms with van der Waals surface area (Å²) in [5.74, 6) is -0.0717. The lowest BCUT2D eigenvalue weighted by Gasteiger charge is -2.35. The van der Waals surface area contributed by atoms with E-state index in [2.05, 4.69) is 10.6 Å². The van der Waals surface area contributed by atoms with Crippen LogP contribution < -0.4 is 15.4 Å². The number of aliphatic hydroxyl groups excluding tert-OH is 1. The van der Waals surface area contributed by atoms with Gasteiger partial charge >= 0.3 is 12.2 Å². The minimum absolute atomic E-state index is 0.0533. The van der Waals surface area contributed by atoms with Gasteiger partial charge in [0.1, 0.15) is 5.75 Å². The van der Waals surface area contributed by atoms with Crippen LogP contribution in [-0.4, -0.2) is 85.5 Å². The van der Waals surface area contributed by atoms with Crippen molar-refractivity contribution in [2.75, 3.05) is 51.0 Å². The van der Waals surface area contributed by atoms with Crippen molar-refractivity contribution in [3.8, 4) is 5.75 Å². The summed E-state index contributed by atoms with van der Waals surface area (Å²) in [6.45, 7) is 7.05. The molecule has 0 fully saturated rings. The average Bonchev–Trinajstić information content (AvgIpc) is 2.94. The van der Waals surface area contributed by atoms with Crippen LogP contribution in [0.1, 0.15) is 56.0 Å². The van der Waals surface area contributed by atoms with Gasteiger partial charge in [-0.05, 0) is 89.7 Å². The first-order valence-electron chi connectivity index (χ1n) is 14.5. The maximum Gasteiger partial charge on any atom is 0.416 e. The summed E-state index contributed by atoms with van der Waals surface area (Å²) < 4.78 is 51.1. The lowest BCUT2D eigenvalue weighted by Crippen LogP contribution is -2.47. The van der Waals surface area contributed by atoms with Crippen molar-refractivity contribution in [2.45, 2.75) is 64.5 Å². The lowest BCUT2D eigenvalue weighted by molar-refractivity contribution is -0.137. The number of rotatable bonds is 6. The van der Waals surface area contributed by atoms with E-state index in [1.54, 1.807) is 24.0 Å². The highest BCUT2D eigenvalue weighted by Gasteiger charge is 2.31. The van der Waals surface area contributed by atoms with Gasteiger partial charge in [-0.25, -0.2) is 4.79 Å². The van der Waals surface area contributed by atoms with E-state index in [-0.39, 0.29) is 47.6 Å². The molecule has 2 aromatic rings. The van der Waals surface area contributed by atoms with E-state index >= 15 is 0 Å². The van der Waals surface area contributed by atoms with Crippen LogP contribution in [0.15, 0.2) is 42.5 Å². The summed E-state index contributed by atoms with van der Waals surface area (Å²) in [6.07, 6.45) is -2.32. The monoisotopic (exact) mass is 608 g/mol. The molecule has 0 saturated heterocycles. The molecule has 3 N–H and O–H groups in total. The van der Waals surface area contributed by atoms with Crippen LogP contribution in [0.5, 0.6) is 5.75 Å². The third kappa shape index (κ3) is 10.1. The lowest BCUT2D eigenvalue weighted by atomic mass is 10.0. The number of nitrogens with zero attached hydrogens (tertiary/aromatic N) is 2. The summed E-state index contributed by atoms with van der Waals surface area (Å²) in [7, 11) is 3.94. The largest absolute Gasteiger partial charge is 0.490 e. The van der Waals surface area contributed by atoms with Gasteiger partial charge in [-0.3, -0.25) is 4.79 Å². The van der Waals surface area contributed by atoms with Gasteiger partial charge < -0.3 is 35.0 Å². The first-order valence-corrected chi connectivity index (χ1v) is 14.5. The van der Waals surface area contributed by atoms with Crippen molar-refractivity contribution >= 4 is 23.3 Å². The molecule has 0 spiro atoms. The maximum atomic E-state index is 14.1. The fourth-order valence-electron chi connectivity index (χ4n) is 4.86. The molecular weight excluding hydrogens is 565 g/mol. The van der Waals surface area contributed by atoms with Gasteiger partial charge in [-0.2, -0.15) is 13.2 Å². The summed E-state index contributed by atoms with van der Waals surface area (Å²) in [5, 5.41) is 15.2. The molecule has 0 aromatic heterocycles. The second kappa shape index (κ2) is 15.4. The second-order valence-electron chi connectivity index (χ2n) is 11.4. The maximum absolute atomic E-state index is 14.1. The molecule has 238 valence electrons. The molecule has 0 aliphatic carbocycles. The van der Waals surface area contributed by atoms with Crippen LogP contribution in [0.3, 0.4) is 0 Å². The fraction of sp³-hybridized carbons (Fsp3) is 0.548. The highest BCUT2D eigenvalue weighted by atomic mass is 19.4. The van der Waals surface area contributed by atoms with Crippen LogP contribution in [0.2, 0.25) is 0 Å². The van der Waals surface area contributed by atoms with Gasteiger partial charge in [0.15, 0.2) is 0 Å². The third-order valence-electron chi connectivity index (χ3n) is 7.32. The zero-order valence-corrected chi connectivity index (χ0v) is 25.4. The molecule has 12 heteroatoms. The number of anilines is 2. The number of amides is 3. The molecule has 4 atom stereocenters. The molecule has 1 aliphatic heterocycles. The number of fused-ring (bicyclic) bond motifs is 1. The quantitative estimate of drug-likeness (QED) is 0.389. The van der Waals surface area contributed by atoms with Crippen LogP contribution in [0, 0.1) is 5.92 Å². The number of alkyl halides is 3. The predicted octanol–water partition coefficient (Wildman–Crippen LogP) is 5.71. The molecule has 0 saturated carbocycles. The molecule has 0 unspecified atom stereocenters. The van der Waals surface area contributed by atoms with Crippen molar-refractivity contribution in [3.63, 3.8) is 0 Å². The topological polar surface area (TPSA) is 103 Å². The average molecular weight is 609 g/mol. The Morgan fingerprint density at radius 3 is 2.37 bits per heavy atom. The zero-order valence-electron chi connectivity index (χ0n) is 25.4. The standard InChI is InChI=1S/C31H43F3N4O5/c1-20-17-38(21(2)19-39)29(40)26-16-25(36-30(41)35-24-11-9-23(10-12-24)31(32,33)34)13-14-27(26)43-22(3)8-6-7-15-42-28(20)18-37(4)5/h9-14,16,20-22,28,39H,6-8,15,17-19H2,1-5H3,(H2,35,36,41)/t20-,21-,22-,28+/m0/s1. The Labute approximate surface area is 251 Å². The number of halogens is 3. The molecule has 2 aromatic carbocycles. The van der Waals surface area contributed by atoms with Crippen LogP contribution in [-0.2, 0) is 10.9 Å². The Kier molecular flexibility index (Phi) is 12.2. The fourth-order valence-corrected chi connectivity index (χ4v) is 4.86. The smallest absolute Gasteiger partial charge is 0.416 e. The molecule has 9 nitrogen and oxygen atoms in total. The van der Waals surface area contributed by atoms with Gasteiger partial charge in [0.25, 0.3) is 5.91 Å². The predicted molar refractivity (Wildman–Crippen MR) is 160 cm³/mol. The number of hydrogen-bond donors (Lipinski definition) is 3. The number of urea groups is 1. The number of ether oxygens (including phenoxy) is 2. The summed E-state index contributed by atoms with van der Waals surface area (Å²) >= 11 is 0. The number of hydrogen-bond acceptors (Lipinski definition) is 6. The third-order valence-corrected chi connectivity index (χ3v) is 7.32. The molecule has 1 heterocycles. The van der Waals surface area contributed by atoms with E-state index in [4.69, 9.17) is 9.47 Å². The zero-order chi connectivity index (χ0) is 31.7. The highest BCUT2D eigenvalue weighted by Crippen LogP contribution is 2.31. The van der Waals surface area contributed by atoms with E-state index in [1.165, 1.54) is 6.07 Å². The Balaban J connectivity index is 1.90. The van der Waals surface area contributed by atoms with Crippen molar-refractivity contribution in [3.05, 3.63) is 53.6 Å². The molecule has 3 rings (SSSR count). The molecule has 3 amide bonds. The van der Waals surface area contributed by atoms with Crippen LogP contribution in [0.25, 0.3) is 0 Å². The van der Waals surface area contributed by atoms with Gasteiger partial charge in [-0.15, -0.1) is 0 Å². The Morgan fingerprint density at radius 2 is 1.74 bits per heavy atom. The minimum atomic E-state index is -4.48. The van der Waals surface area contributed by atoms with E-state index < -0.39 is 23.8 Å². The molecule has 1 aliphatic rings. The van der Waals surface area contributed by atoms with Gasteiger partial charge in [0.05, 0.1) is 36.0 Å². The van der Waals surface area contributed by atoms with E-state index in [9.17, 15) is 27.9 Å².